The average Bonchev–Trinajstić information content (AvgIpc) is 3.15. The molecule has 6 nitrogen and oxygen atoms in total. The van der Waals surface area contributed by atoms with Gasteiger partial charge in [0, 0.05) is 26.1 Å². The molecule has 1 saturated heterocycles. The van der Waals surface area contributed by atoms with Crippen molar-refractivity contribution in [2.75, 3.05) is 13.6 Å². The maximum absolute atomic E-state index is 11.7. The molecule has 1 aliphatic rings. The minimum atomic E-state index is -0.0615. The van der Waals surface area contributed by atoms with E-state index in [1.54, 1.807) is 7.05 Å². The number of aryl methyl sites for hydroxylation is 1. The maximum atomic E-state index is 11.7. The van der Waals surface area contributed by atoms with Gasteiger partial charge in [0.1, 0.15) is 0 Å². The van der Waals surface area contributed by atoms with E-state index in [9.17, 15) is 4.79 Å². The molecule has 2 heterocycles. The van der Waals surface area contributed by atoms with E-state index in [0.29, 0.717) is 11.5 Å². The van der Waals surface area contributed by atoms with Gasteiger partial charge in [0.25, 0.3) is 5.91 Å². The summed E-state index contributed by atoms with van der Waals surface area (Å²) in [7, 11) is 1.64. The number of benzene rings is 1. The highest BCUT2D eigenvalue weighted by Gasteiger charge is 2.29. The summed E-state index contributed by atoms with van der Waals surface area (Å²) in [5.74, 6) is 1.30. The fourth-order valence-corrected chi connectivity index (χ4v) is 2.95. The molecule has 1 atom stereocenters. The van der Waals surface area contributed by atoms with E-state index in [0.717, 1.165) is 37.3 Å². The number of nitrogens with one attached hydrogen (secondary N) is 1. The van der Waals surface area contributed by atoms with Crippen molar-refractivity contribution >= 4 is 5.91 Å². The topological polar surface area (TPSA) is 71.3 Å². The van der Waals surface area contributed by atoms with Gasteiger partial charge in [-0.15, -0.1) is 0 Å². The Morgan fingerprint density at radius 2 is 2.36 bits per heavy atom. The highest BCUT2D eigenvalue weighted by molar-refractivity contribution is 5.94. The van der Waals surface area contributed by atoms with Crippen molar-refractivity contribution in [3.8, 4) is 0 Å². The second kappa shape index (κ2) is 6.27. The van der Waals surface area contributed by atoms with Gasteiger partial charge in [-0.25, -0.2) is 0 Å². The van der Waals surface area contributed by atoms with Crippen LogP contribution in [0.5, 0.6) is 0 Å². The number of carbonyl (C=O) groups is 1. The molecule has 0 spiro atoms. The molecule has 22 heavy (non-hydrogen) atoms. The lowest BCUT2D eigenvalue weighted by Gasteiger charge is -2.22. The summed E-state index contributed by atoms with van der Waals surface area (Å²) in [5, 5.41) is 6.71. The monoisotopic (exact) mass is 300 g/mol. The van der Waals surface area contributed by atoms with Gasteiger partial charge in [0.05, 0.1) is 6.04 Å². The van der Waals surface area contributed by atoms with Crippen molar-refractivity contribution in [3.05, 3.63) is 47.1 Å². The summed E-state index contributed by atoms with van der Waals surface area (Å²) >= 11 is 0. The smallest absolute Gasteiger partial charge is 0.251 e. The first kappa shape index (κ1) is 14.7. The van der Waals surface area contributed by atoms with Gasteiger partial charge in [-0.05, 0) is 37.1 Å². The van der Waals surface area contributed by atoms with E-state index >= 15 is 0 Å². The Kier molecular flexibility index (Phi) is 4.20. The van der Waals surface area contributed by atoms with Crippen molar-refractivity contribution in [1.29, 1.82) is 0 Å². The van der Waals surface area contributed by atoms with Crippen molar-refractivity contribution < 1.29 is 9.32 Å². The van der Waals surface area contributed by atoms with Crippen LogP contribution in [0.4, 0.5) is 0 Å². The Morgan fingerprint density at radius 1 is 1.50 bits per heavy atom. The molecular formula is C16H20N4O2. The van der Waals surface area contributed by atoms with E-state index in [1.165, 1.54) is 0 Å². The van der Waals surface area contributed by atoms with Crippen LogP contribution in [0.25, 0.3) is 0 Å². The van der Waals surface area contributed by atoms with Crippen LogP contribution >= 0.6 is 0 Å². The van der Waals surface area contributed by atoms with Gasteiger partial charge in [0.15, 0.2) is 5.82 Å². The summed E-state index contributed by atoms with van der Waals surface area (Å²) in [6, 6.07) is 7.93. The van der Waals surface area contributed by atoms with Crippen LogP contribution < -0.4 is 5.32 Å². The first-order chi connectivity index (χ1) is 10.7. The first-order valence-electron chi connectivity index (χ1n) is 7.52. The maximum Gasteiger partial charge on any atom is 0.251 e. The first-order valence-corrected chi connectivity index (χ1v) is 7.52. The summed E-state index contributed by atoms with van der Waals surface area (Å²) in [4.78, 5) is 18.4. The van der Waals surface area contributed by atoms with Crippen LogP contribution in [0, 0.1) is 6.92 Å². The number of hydrogen-bond donors (Lipinski definition) is 1. The molecule has 1 aliphatic heterocycles. The number of rotatable bonds is 4. The molecule has 1 fully saturated rings. The normalized spacial score (nSPS) is 18.5. The van der Waals surface area contributed by atoms with Gasteiger partial charge in [-0.2, -0.15) is 4.98 Å². The van der Waals surface area contributed by atoms with E-state index in [4.69, 9.17) is 4.52 Å². The molecule has 116 valence electrons. The lowest BCUT2D eigenvalue weighted by molar-refractivity contribution is 0.0963. The Hall–Kier alpha value is -2.21. The Bertz CT molecular complexity index is 668. The third-order valence-corrected chi connectivity index (χ3v) is 4.01. The zero-order valence-electron chi connectivity index (χ0n) is 12.9. The number of hydrogen-bond acceptors (Lipinski definition) is 5. The predicted molar refractivity (Wildman–Crippen MR) is 81.3 cm³/mol. The molecule has 6 heteroatoms. The quantitative estimate of drug-likeness (QED) is 0.936. The van der Waals surface area contributed by atoms with Crippen LogP contribution in [0.2, 0.25) is 0 Å². The standard InChI is InChI=1S/C16H20N4O2/c1-11-18-15(19-22-11)14-7-4-8-20(14)10-12-5-3-6-13(9-12)16(21)17-2/h3,5-6,9,14H,4,7-8,10H2,1-2H3,(H,17,21). The molecule has 0 radical (unpaired) electrons. The van der Waals surface area contributed by atoms with E-state index in [2.05, 4.69) is 20.4 Å². The van der Waals surface area contributed by atoms with Gasteiger partial charge in [-0.1, -0.05) is 17.3 Å². The lowest BCUT2D eigenvalue weighted by Crippen LogP contribution is -2.24. The van der Waals surface area contributed by atoms with Crippen LogP contribution in [0.1, 0.15) is 46.5 Å². The number of aromatic nitrogens is 2. The fraction of sp³-hybridized carbons (Fsp3) is 0.438. The van der Waals surface area contributed by atoms with Gasteiger partial charge >= 0.3 is 0 Å². The van der Waals surface area contributed by atoms with Crippen LogP contribution in [-0.2, 0) is 6.54 Å². The molecule has 1 N–H and O–H groups in total. The number of likely N-dealkylation sites (tertiary alicyclic amines) is 1. The second-order valence-corrected chi connectivity index (χ2v) is 5.58. The summed E-state index contributed by atoms with van der Waals surface area (Å²) in [5.41, 5.74) is 1.80. The van der Waals surface area contributed by atoms with E-state index in [-0.39, 0.29) is 11.9 Å². The highest BCUT2D eigenvalue weighted by Crippen LogP contribution is 2.31. The van der Waals surface area contributed by atoms with Crippen molar-refractivity contribution in [2.45, 2.75) is 32.4 Å². The van der Waals surface area contributed by atoms with Crippen LogP contribution in [-0.4, -0.2) is 34.5 Å². The number of carbonyl (C=O) groups excluding carboxylic acids is 1. The molecule has 3 rings (SSSR count). The van der Waals surface area contributed by atoms with Crippen LogP contribution in [0.3, 0.4) is 0 Å². The van der Waals surface area contributed by atoms with Gasteiger partial charge < -0.3 is 9.84 Å². The molecule has 1 amide bonds. The largest absolute Gasteiger partial charge is 0.355 e. The van der Waals surface area contributed by atoms with E-state index in [1.807, 2.05) is 31.2 Å². The molecule has 0 bridgehead atoms. The molecule has 1 aromatic heterocycles. The van der Waals surface area contributed by atoms with Crippen molar-refractivity contribution in [2.24, 2.45) is 0 Å². The molecule has 0 saturated carbocycles. The van der Waals surface area contributed by atoms with E-state index < -0.39 is 0 Å². The molecule has 0 aliphatic carbocycles. The third kappa shape index (κ3) is 3.01. The Morgan fingerprint density at radius 3 is 3.09 bits per heavy atom. The number of nitrogens with zero attached hydrogens (tertiary/aromatic N) is 3. The Balaban J connectivity index is 1.76. The van der Waals surface area contributed by atoms with Crippen molar-refractivity contribution in [1.82, 2.24) is 20.4 Å². The third-order valence-electron chi connectivity index (χ3n) is 4.01. The zero-order chi connectivity index (χ0) is 15.5. The molecule has 1 aromatic carbocycles. The summed E-state index contributed by atoms with van der Waals surface area (Å²) in [6.07, 6.45) is 2.15. The molecule has 1 unspecified atom stereocenters. The zero-order valence-corrected chi connectivity index (χ0v) is 12.9. The summed E-state index contributed by atoms with van der Waals surface area (Å²) < 4.78 is 5.10. The molecule has 2 aromatic rings. The predicted octanol–water partition coefficient (Wildman–Crippen LogP) is 2.07. The van der Waals surface area contributed by atoms with Crippen molar-refractivity contribution in [3.63, 3.8) is 0 Å². The van der Waals surface area contributed by atoms with Crippen LogP contribution in [0.15, 0.2) is 28.8 Å². The second-order valence-electron chi connectivity index (χ2n) is 5.58. The highest BCUT2D eigenvalue weighted by atomic mass is 16.5. The van der Waals surface area contributed by atoms with Gasteiger partial charge in [0.2, 0.25) is 5.89 Å². The van der Waals surface area contributed by atoms with Gasteiger partial charge in [-0.3, -0.25) is 9.69 Å². The minimum Gasteiger partial charge on any atom is -0.355 e. The minimum absolute atomic E-state index is 0.0615. The molecular weight excluding hydrogens is 280 g/mol. The SMILES string of the molecule is CNC(=O)c1cccc(CN2CCCC2c2noc(C)n2)c1. The fourth-order valence-electron chi connectivity index (χ4n) is 2.95. The lowest BCUT2D eigenvalue weighted by atomic mass is 10.1. The summed E-state index contributed by atoms with van der Waals surface area (Å²) in [6.45, 7) is 3.59. The average molecular weight is 300 g/mol. The number of amides is 1. The Labute approximate surface area is 129 Å².